The van der Waals surface area contributed by atoms with Gasteiger partial charge in [-0.3, -0.25) is 10.2 Å². The SMILES string of the molecule is O=C(COc1ccccc1Cl)NNC(=O)Nc1cccc(Cl)c1. The number of ether oxygens (including phenoxy) is 1. The molecule has 0 bridgehead atoms. The van der Waals surface area contributed by atoms with E-state index in [9.17, 15) is 9.59 Å². The lowest BCUT2D eigenvalue weighted by Gasteiger charge is -2.10. The molecule has 3 N–H and O–H groups in total. The van der Waals surface area contributed by atoms with Gasteiger partial charge in [-0.2, -0.15) is 0 Å². The molecular weight excluding hydrogens is 341 g/mol. The van der Waals surface area contributed by atoms with Crippen molar-refractivity contribution in [3.63, 3.8) is 0 Å². The highest BCUT2D eigenvalue weighted by Gasteiger charge is 2.07. The van der Waals surface area contributed by atoms with E-state index >= 15 is 0 Å². The van der Waals surface area contributed by atoms with Crippen LogP contribution in [-0.4, -0.2) is 18.5 Å². The number of halogens is 2. The van der Waals surface area contributed by atoms with E-state index in [0.717, 1.165) is 0 Å². The number of hydrogen-bond donors (Lipinski definition) is 3. The predicted molar refractivity (Wildman–Crippen MR) is 88.7 cm³/mol. The molecular formula is C15H13Cl2N3O3. The first-order valence-corrected chi connectivity index (χ1v) is 7.29. The van der Waals surface area contributed by atoms with E-state index < -0.39 is 11.9 Å². The lowest BCUT2D eigenvalue weighted by atomic mass is 10.3. The quantitative estimate of drug-likeness (QED) is 0.738. The van der Waals surface area contributed by atoms with Crippen LogP contribution < -0.4 is 20.9 Å². The maximum Gasteiger partial charge on any atom is 0.337 e. The van der Waals surface area contributed by atoms with E-state index in [1.165, 1.54) is 0 Å². The van der Waals surface area contributed by atoms with Crippen LogP contribution in [0.25, 0.3) is 0 Å². The Labute approximate surface area is 142 Å². The van der Waals surface area contributed by atoms with Gasteiger partial charge in [0.25, 0.3) is 5.91 Å². The summed E-state index contributed by atoms with van der Waals surface area (Å²) >= 11 is 11.7. The number of nitrogens with one attached hydrogen (secondary N) is 3. The molecule has 6 nitrogen and oxygen atoms in total. The van der Waals surface area contributed by atoms with Crippen LogP contribution in [0.5, 0.6) is 5.75 Å². The summed E-state index contributed by atoms with van der Waals surface area (Å²) < 4.78 is 5.23. The number of urea groups is 1. The molecule has 0 unspecified atom stereocenters. The van der Waals surface area contributed by atoms with Crippen molar-refractivity contribution in [3.8, 4) is 5.75 Å². The number of carbonyl (C=O) groups is 2. The van der Waals surface area contributed by atoms with Crippen molar-refractivity contribution in [1.82, 2.24) is 10.9 Å². The summed E-state index contributed by atoms with van der Waals surface area (Å²) in [5, 5.41) is 3.39. The van der Waals surface area contributed by atoms with E-state index in [0.29, 0.717) is 21.5 Å². The van der Waals surface area contributed by atoms with Crippen LogP contribution in [0.1, 0.15) is 0 Å². The van der Waals surface area contributed by atoms with Crippen molar-refractivity contribution < 1.29 is 14.3 Å². The maximum absolute atomic E-state index is 11.6. The first-order chi connectivity index (χ1) is 11.0. The number of para-hydroxylation sites is 1. The highest BCUT2D eigenvalue weighted by molar-refractivity contribution is 6.32. The third kappa shape index (κ3) is 5.69. The molecule has 23 heavy (non-hydrogen) atoms. The van der Waals surface area contributed by atoms with Crippen molar-refractivity contribution in [1.29, 1.82) is 0 Å². The fourth-order valence-electron chi connectivity index (χ4n) is 1.60. The molecule has 2 aromatic rings. The smallest absolute Gasteiger partial charge is 0.337 e. The summed E-state index contributed by atoms with van der Waals surface area (Å²) in [4.78, 5) is 23.2. The number of amides is 3. The van der Waals surface area contributed by atoms with Gasteiger partial charge in [0.15, 0.2) is 6.61 Å². The highest BCUT2D eigenvalue weighted by Crippen LogP contribution is 2.22. The van der Waals surface area contributed by atoms with Gasteiger partial charge in [0.1, 0.15) is 5.75 Å². The fourth-order valence-corrected chi connectivity index (χ4v) is 1.98. The number of hydrogen-bond acceptors (Lipinski definition) is 3. The first kappa shape index (κ1) is 16.9. The first-order valence-electron chi connectivity index (χ1n) is 6.53. The summed E-state index contributed by atoms with van der Waals surface area (Å²) in [5.74, 6) is -0.154. The maximum atomic E-state index is 11.6. The Morgan fingerprint density at radius 3 is 2.52 bits per heavy atom. The van der Waals surface area contributed by atoms with Crippen LogP contribution in [0, 0.1) is 0 Å². The van der Waals surface area contributed by atoms with E-state index in [2.05, 4.69) is 16.2 Å². The average molecular weight is 354 g/mol. The van der Waals surface area contributed by atoms with Gasteiger partial charge >= 0.3 is 6.03 Å². The highest BCUT2D eigenvalue weighted by atomic mass is 35.5. The third-order valence-corrected chi connectivity index (χ3v) is 3.14. The van der Waals surface area contributed by atoms with Crippen LogP contribution in [0.4, 0.5) is 10.5 Å². The molecule has 0 fully saturated rings. The summed E-state index contributed by atoms with van der Waals surface area (Å²) in [7, 11) is 0. The zero-order valence-electron chi connectivity index (χ0n) is 11.8. The van der Waals surface area contributed by atoms with E-state index in [1.807, 2.05) is 0 Å². The molecule has 120 valence electrons. The van der Waals surface area contributed by atoms with Crippen LogP contribution in [0.15, 0.2) is 48.5 Å². The van der Waals surface area contributed by atoms with E-state index in [4.69, 9.17) is 27.9 Å². The van der Waals surface area contributed by atoms with Gasteiger partial charge in [-0.05, 0) is 30.3 Å². The van der Waals surface area contributed by atoms with Crippen LogP contribution in [0.2, 0.25) is 10.0 Å². The number of rotatable bonds is 4. The molecule has 0 saturated heterocycles. The molecule has 0 saturated carbocycles. The average Bonchev–Trinajstić information content (AvgIpc) is 2.52. The Balaban J connectivity index is 1.74. The molecule has 3 amide bonds. The Kier molecular flexibility index (Phi) is 6.08. The van der Waals surface area contributed by atoms with Gasteiger partial charge in [0.2, 0.25) is 0 Å². The standard InChI is InChI=1S/C15H13Cl2N3O3/c16-10-4-3-5-11(8-10)18-15(22)20-19-14(21)9-23-13-7-2-1-6-12(13)17/h1-8H,9H2,(H,19,21)(H2,18,20,22). The Morgan fingerprint density at radius 2 is 1.78 bits per heavy atom. The van der Waals surface area contributed by atoms with Crippen molar-refractivity contribution in [3.05, 3.63) is 58.6 Å². The monoisotopic (exact) mass is 353 g/mol. The largest absolute Gasteiger partial charge is 0.482 e. The molecule has 0 aliphatic heterocycles. The van der Waals surface area contributed by atoms with Gasteiger partial charge in [0, 0.05) is 10.7 Å². The Bertz CT molecular complexity index is 710. The minimum Gasteiger partial charge on any atom is -0.482 e. The molecule has 0 aromatic heterocycles. The molecule has 0 radical (unpaired) electrons. The lowest BCUT2D eigenvalue weighted by molar-refractivity contribution is -0.123. The van der Waals surface area contributed by atoms with Crippen molar-refractivity contribution in [2.75, 3.05) is 11.9 Å². The second-order valence-corrected chi connectivity index (χ2v) is 5.20. The number of benzene rings is 2. The summed E-state index contributed by atoms with van der Waals surface area (Å²) in [5.41, 5.74) is 4.90. The van der Waals surface area contributed by atoms with Crippen molar-refractivity contribution in [2.24, 2.45) is 0 Å². The normalized spacial score (nSPS) is 9.83. The van der Waals surface area contributed by atoms with Gasteiger partial charge < -0.3 is 10.1 Å². The number of anilines is 1. The van der Waals surface area contributed by atoms with Crippen LogP contribution in [-0.2, 0) is 4.79 Å². The molecule has 0 heterocycles. The van der Waals surface area contributed by atoms with Gasteiger partial charge in [-0.15, -0.1) is 0 Å². The van der Waals surface area contributed by atoms with Crippen LogP contribution in [0.3, 0.4) is 0 Å². The summed E-state index contributed by atoms with van der Waals surface area (Å²) in [6.07, 6.45) is 0. The lowest BCUT2D eigenvalue weighted by Crippen LogP contribution is -2.45. The van der Waals surface area contributed by atoms with E-state index in [1.54, 1.807) is 48.5 Å². The zero-order chi connectivity index (χ0) is 16.7. The minimum atomic E-state index is -0.613. The molecule has 0 spiro atoms. The topological polar surface area (TPSA) is 79.5 Å². The van der Waals surface area contributed by atoms with E-state index in [-0.39, 0.29) is 6.61 Å². The third-order valence-electron chi connectivity index (χ3n) is 2.59. The second kappa shape index (κ2) is 8.26. The molecule has 8 heteroatoms. The number of hydrazine groups is 1. The second-order valence-electron chi connectivity index (χ2n) is 4.36. The molecule has 0 aliphatic rings. The van der Waals surface area contributed by atoms with Crippen molar-refractivity contribution >= 4 is 40.8 Å². The Morgan fingerprint density at radius 1 is 1.00 bits per heavy atom. The predicted octanol–water partition coefficient (Wildman–Crippen LogP) is 3.23. The van der Waals surface area contributed by atoms with Crippen LogP contribution >= 0.6 is 23.2 Å². The summed E-state index contributed by atoms with van der Waals surface area (Å²) in [6, 6.07) is 12.7. The zero-order valence-corrected chi connectivity index (χ0v) is 13.3. The van der Waals surface area contributed by atoms with Crippen molar-refractivity contribution in [2.45, 2.75) is 0 Å². The Hall–Kier alpha value is -2.44. The molecule has 2 rings (SSSR count). The minimum absolute atomic E-state index is 0.290. The van der Waals surface area contributed by atoms with Gasteiger partial charge in [0.05, 0.1) is 5.02 Å². The van der Waals surface area contributed by atoms with Gasteiger partial charge in [-0.1, -0.05) is 41.4 Å². The van der Waals surface area contributed by atoms with Gasteiger partial charge in [-0.25, -0.2) is 10.2 Å². The molecule has 2 aromatic carbocycles. The summed E-state index contributed by atoms with van der Waals surface area (Å²) in [6.45, 7) is -0.290. The fraction of sp³-hybridized carbons (Fsp3) is 0.0667. The molecule has 0 aliphatic carbocycles. The number of carbonyl (C=O) groups excluding carboxylic acids is 2. The molecule has 0 atom stereocenters.